The highest BCUT2D eigenvalue weighted by molar-refractivity contribution is 5.54. The Hall–Kier alpha value is -1.89. The van der Waals surface area contributed by atoms with Gasteiger partial charge in [0.2, 0.25) is 0 Å². The number of hydrogen-bond acceptors (Lipinski definition) is 4. The van der Waals surface area contributed by atoms with Crippen molar-refractivity contribution in [2.45, 2.75) is 71.3 Å². The van der Waals surface area contributed by atoms with Crippen LogP contribution in [0.5, 0.6) is 17.2 Å². The van der Waals surface area contributed by atoms with Crippen LogP contribution in [0.15, 0.2) is 12.1 Å². The van der Waals surface area contributed by atoms with Crippen molar-refractivity contribution in [3.8, 4) is 23.3 Å². The van der Waals surface area contributed by atoms with Crippen LogP contribution in [-0.4, -0.2) is 15.8 Å². The molecule has 0 aromatic heterocycles. The average molecular weight is 355 g/mol. The minimum absolute atomic E-state index is 0.0281. The molecule has 4 rings (SSSR count). The first-order valence-corrected chi connectivity index (χ1v) is 9.77. The molecule has 1 aliphatic heterocycles. The zero-order valence-corrected chi connectivity index (χ0v) is 16.2. The Morgan fingerprint density at radius 1 is 1.08 bits per heavy atom. The third-order valence-electron chi connectivity index (χ3n) is 7.83. The molecule has 3 aliphatic rings. The van der Waals surface area contributed by atoms with Gasteiger partial charge in [-0.05, 0) is 55.4 Å². The van der Waals surface area contributed by atoms with Gasteiger partial charge in [-0.1, -0.05) is 27.2 Å². The normalized spacial score (nSPS) is 40.3. The molecule has 2 unspecified atom stereocenters. The van der Waals surface area contributed by atoms with Crippen molar-refractivity contribution in [1.82, 2.24) is 0 Å². The number of ether oxygens (including phenoxy) is 1. The summed E-state index contributed by atoms with van der Waals surface area (Å²) < 4.78 is 6.45. The molecule has 140 valence electrons. The number of hydrogen-bond donors (Lipinski definition) is 2. The molecule has 1 heterocycles. The number of benzene rings is 1. The van der Waals surface area contributed by atoms with E-state index in [0.717, 1.165) is 24.8 Å². The Bertz CT molecular complexity index is 795. The van der Waals surface area contributed by atoms with Crippen LogP contribution in [0.2, 0.25) is 0 Å². The van der Waals surface area contributed by atoms with Gasteiger partial charge in [-0.25, -0.2) is 0 Å². The van der Waals surface area contributed by atoms with Crippen LogP contribution >= 0.6 is 0 Å². The summed E-state index contributed by atoms with van der Waals surface area (Å²) in [6.07, 6.45) is 5.55. The van der Waals surface area contributed by atoms with Gasteiger partial charge in [0, 0.05) is 17.5 Å². The van der Waals surface area contributed by atoms with Crippen molar-refractivity contribution >= 4 is 0 Å². The Balaban J connectivity index is 1.89. The van der Waals surface area contributed by atoms with Crippen molar-refractivity contribution in [2.24, 2.45) is 22.7 Å². The quantitative estimate of drug-likeness (QED) is 0.635. The Kier molecular flexibility index (Phi) is 3.58. The molecular weight excluding hydrogens is 326 g/mol. The minimum Gasteiger partial charge on any atom is -0.504 e. The van der Waals surface area contributed by atoms with Gasteiger partial charge in [-0.3, -0.25) is 0 Å². The number of nitriles is 1. The molecular formula is C22H29NO3. The van der Waals surface area contributed by atoms with E-state index in [1.165, 1.54) is 25.0 Å². The van der Waals surface area contributed by atoms with Crippen LogP contribution in [0.4, 0.5) is 0 Å². The summed E-state index contributed by atoms with van der Waals surface area (Å²) in [5, 5.41) is 30.1. The molecule has 5 atom stereocenters. The van der Waals surface area contributed by atoms with Gasteiger partial charge in [0.05, 0.1) is 12.0 Å². The lowest BCUT2D eigenvalue weighted by Gasteiger charge is -2.64. The van der Waals surface area contributed by atoms with Crippen molar-refractivity contribution in [1.29, 1.82) is 5.26 Å². The Morgan fingerprint density at radius 3 is 2.46 bits per heavy atom. The maximum atomic E-state index is 10.1. The van der Waals surface area contributed by atoms with Gasteiger partial charge in [0.25, 0.3) is 0 Å². The second kappa shape index (κ2) is 5.31. The zero-order valence-electron chi connectivity index (χ0n) is 16.2. The summed E-state index contributed by atoms with van der Waals surface area (Å²) in [7, 11) is 0. The molecule has 0 radical (unpaired) electrons. The smallest absolute Gasteiger partial charge is 0.161 e. The van der Waals surface area contributed by atoms with Crippen molar-refractivity contribution in [2.75, 3.05) is 0 Å². The van der Waals surface area contributed by atoms with E-state index in [-0.39, 0.29) is 34.2 Å². The number of phenols is 2. The summed E-state index contributed by atoms with van der Waals surface area (Å²) in [4.78, 5) is 0. The third-order valence-corrected chi connectivity index (χ3v) is 7.83. The number of fused-ring (bicyclic) bond motifs is 4. The van der Waals surface area contributed by atoms with Crippen LogP contribution in [0, 0.1) is 34.0 Å². The predicted octanol–water partition coefficient (Wildman–Crippen LogP) is 5.10. The summed E-state index contributed by atoms with van der Waals surface area (Å²) in [5.41, 5.74) is 0.595. The first-order valence-electron chi connectivity index (χ1n) is 9.77. The zero-order chi connectivity index (χ0) is 18.9. The molecule has 0 saturated heterocycles. The highest BCUT2D eigenvalue weighted by atomic mass is 16.5. The molecule has 4 heteroatoms. The summed E-state index contributed by atoms with van der Waals surface area (Å²) in [5.74, 6) is 0.474. The fourth-order valence-electron chi connectivity index (χ4n) is 6.87. The first-order chi connectivity index (χ1) is 12.1. The monoisotopic (exact) mass is 355 g/mol. The standard InChI is InChI=1S/C22H29NO3/c1-20(2)7-5-8-21(3)18(20)6-9-22(4)19(21)14(12-23)13-10-15(24)16(25)11-17(13)26-22/h10-11,14,18-19,24-25H,5-9H2,1-4H3/t14?,18-,19?,21-,22+/m0/s1. The summed E-state index contributed by atoms with van der Waals surface area (Å²) in [6.45, 7) is 9.25. The lowest BCUT2D eigenvalue weighted by atomic mass is 9.43. The predicted molar refractivity (Wildman–Crippen MR) is 99.1 cm³/mol. The molecule has 1 aromatic rings. The number of phenolic OH excluding ortho intramolecular Hbond substituents is 2. The SMILES string of the molecule is CC1(C)CCC[C@]2(C)C3C(C#N)c4cc(O)c(O)cc4O[C@]3(C)CC[C@@H]12. The molecule has 1 aromatic carbocycles. The van der Waals surface area contributed by atoms with Crippen molar-refractivity contribution in [3.63, 3.8) is 0 Å². The van der Waals surface area contributed by atoms with E-state index < -0.39 is 5.60 Å². The van der Waals surface area contributed by atoms with E-state index in [2.05, 4.69) is 33.8 Å². The maximum absolute atomic E-state index is 10.1. The molecule has 26 heavy (non-hydrogen) atoms. The highest BCUT2D eigenvalue weighted by Crippen LogP contribution is 2.67. The second-order valence-electron chi connectivity index (χ2n) is 9.82. The third kappa shape index (κ3) is 2.19. The van der Waals surface area contributed by atoms with Gasteiger partial charge < -0.3 is 14.9 Å². The Labute approximate surface area is 155 Å². The van der Waals surface area contributed by atoms with Gasteiger partial charge in [0.15, 0.2) is 11.5 Å². The van der Waals surface area contributed by atoms with E-state index in [1.54, 1.807) is 0 Å². The van der Waals surface area contributed by atoms with E-state index in [4.69, 9.17) is 4.74 Å². The lowest BCUT2D eigenvalue weighted by Crippen LogP contribution is -2.62. The van der Waals surface area contributed by atoms with Crippen LogP contribution < -0.4 is 4.74 Å². The topological polar surface area (TPSA) is 73.5 Å². The Morgan fingerprint density at radius 2 is 1.77 bits per heavy atom. The van der Waals surface area contributed by atoms with Crippen LogP contribution in [0.3, 0.4) is 0 Å². The van der Waals surface area contributed by atoms with E-state index in [1.807, 2.05) is 0 Å². The molecule has 2 saturated carbocycles. The molecule has 2 aliphatic carbocycles. The fourth-order valence-corrected chi connectivity index (χ4v) is 6.87. The second-order valence-corrected chi connectivity index (χ2v) is 9.82. The number of aromatic hydroxyl groups is 2. The highest BCUT2D eigenvalue weighted by Gasteiger charge is 2.63. The van der Waals surface area contributed by atoms with E-state index >= 15 is 0 Å². The van der Waals surface area contributed by atoms with Gasteiger partial charge in [0.1, 0.15) is 11.4 Å². The number of rotatable bonds is 0. The minimum atomic E-state index is -0.421. The molecule has 0 spiro atoms. The van der Waals surface area contributed by atoms with Gasteiger partial charge in [-0.15, -0.1) is 0 Å². The molecule has 2 N–H and O–H groups in total. The van der Waals surface area contributed by atoms with Crippen LogP contribution in [-0.2, 0) is 0 Å². The number of nitrogens with zero attached hydrogens (tertiary/aromatic N) is 1. The van der Waals surface area contributed by atoms with Gasteiger partial charge in [-0.2, -0.15) is 5.26 Å². The van der Waals surface area contributed by atoms with E-state index in [0.29, 0.717) is 11.7 Å². The molecule has 0 amide bonds. The summed E-state index contributed by atoms with van der Waals surface area (Å²) in [6, 6.07) is 5.54. The molecule has 2 fully saturated rings. The average Bonchev–Trinajstić information content (AvgIpc) is 2.53. The molecule has 4 nitrogen and oxygen atoms in total. The maximum Gasteiger partial charge on any atom is 0.161 e. The molecule has 0 bridgehead atoms. The van der Waals surface area contributed by atoms with Gasteiger partial charge >= 0.3 is 0 Å². The van der Waals surface area contributed by atoms with Crippen molar-refractivity contribution < 1.29 is 14.9 Å². The van der Waals surface area contributed by atoms with Crippen LogP contribution in [0.25, 0.3) is 0 Å². The fraction of sp³-hybridized carbons (Fsp3) is 0.682. The first kappa shape index (κ1) is 17.5. The van der Waals surface area contributed by atoms with Crippen LogP contribution in [0.1, 0.15) is 71.3 Å². The largest absolute Gasteiger partial charge is 0.504 e. The summed E-state index contributed by atoms with van der Waals surface area (Å²) >= 11 is 0. The van der Waals surface area contributed by atoms with Crippen molar-refractivity contribution in [3.05, 3.63) is 17.7 Å². The van der Waals surface area contributed by atoms with E-state index in [9.17, 15) is 15.5 Å². The lowest BCUT2D eigenvalue weighted by molar-refractivity contribution is -0.167.